The molecule has 2 nitrogen and oxygen atoms in total. The Morgan fingerprint density at radius 3 is 2.71 bits per heavy atom. The Morgan fingerprint density at radius 2 is 2.00 bits per heavy atom. The summed E-state index contributed by atoms with van der Waals surface area (Å²) >= 11 is 11.9. The van der Waals surface area contributed by atoms with E-state index in [0.717, 1.165) is 0 Å². The smallest absolute Gasteiger partial charge is 0.213 e. The number of hydrogen-bond donors (Lipinski definition) is 1. The van der Waals surface area contributed by atoms with Crippen LogP contribution in [0.1, 0.15) is 5.56 Å². The lowest BCUT2D eigenvalue weighted by Gasteiger charge is -2.06. The van der Waals surface area contributed by atoms with Crippen molar-refractivity contribution in [2.24, 2.45) is 0 Å². The van der Waals surface area contributed by atoms with E-state index in [1.807, 2.05) is 0 Å². The molecule has 1 aromatic carbocycles. The van der Waals surface area contributed by atoms with Crippen LogP contribution in [0.25, 0.3) is 11.3 Å². The van der Waals surface area contributed by atoms with Crippen LogP contribution < -0.4 is 0 Å². The SMILES string of the molecule is OCc1cc(F)nc(-c2cccc(Cl)c2Cl)c1. The maximum absolute atomic E-state index is 13.2. The van der Waals surface area contributed by atoms with Gasteiger partial charge in [0.1, 0.15) is 0 Å². The molecule has 88 valence electrons. The van der Waals surface area contributed by atoms with Crippen molar-refractivity contribution >= 4 is 23.2 Å². The molecule has 0 aliphatic rings. The zero-order valence-electron chi connectivity index (χ0n) is 8.62. The Hall–Kier alpha value is -1.16. The average molecular weight is 272 g/mol. The lowest BCUT2D eigenvalue weighted by molar-refractivity contribution is 0.281. The molecule has 0 bridgehead atoms. The quantitative estimate of drug-likeness (QED) is 0.846. The molecule has 2 rings (SSSR count). The van der Waals surface area contributed by atoms with Crippen LogP contribution in [0.5, 0.6) is 0 Å². The Kier molecular flexibility index (Phi) is 3.62. The fourth-order valence-electron chi connectivity index (χ4n) is 1.48. The molecule has 0 atom stereocenters. The lowest BCUT2D eigenvalue weighted by atomic mass is 10.1. The van der Waals surface area contributed by atoms with Crippen LogP contribution in [0.3, 0.4) is 0 Å². The molecule has 5 heteroatoms. The second kappa shape index (κ2) is 5.00. The zero-order valence-corrected chi connectivity index (χ0v) is 10.1. The maximum atomic E-state index is 13.2. The van der Waals surface area contributed by atoms with Gasteiger partial charge in [-0.1, -0.05) is 35.3 Å². The van der Waals surface area contributed by atoms with Crippen molar-refractivity contribution in [1.82, 2.24) is 4.98 Å². The van der Waals surface area contributed by atoms with Crippen molar-refractivity contribution in [3.8, 4) is 11.3 Å². The molecule has 0 aliphatic heterocycles. The van der Waals surface area contributed by atoms with Gasteiger partial charge in [0.05, 0.1) is 22.3 Å². The van der Waals surface area contributed by atoms with E-state index in [4.69, 9.17) is 28.3 Å². The Labute approximate surface area is 108 Å². The Morgan fingerprint density at radius 1 is 1.24 bits per heavy atom. The molecule has 2 aromatic rings. The molecule has 1 heterocycles. The van der Waals surface area contributed by atoms with Crippen LogP contribution in [0.15, 0.2) is 30.3 Å². The number of aliphatic hydroxyl groups is 1. The average Bonchev–Trinajstić information content (AvgIpc) is 2.31. The van der Waals surface area contributed by atoms with Crippen LogP contribution >= 0.6 is 23.2 Å². The first-order valence-electron chi connectivity index (χ1n) is 4.83. The van der Waals surface area contributed by atoms with E-state index >= 15 is 0 Å². The summed E-state index contributed by atoms with van der Waals surface area (Å²) in [5.41, 5.74) is 1.32. The van der Waals surface area contributed by atoms with Gasteiger partial charge in [-0.05, 0) is 23.8 Å². The van der Waals surface area contributed by atoms with Crippen molar-refractivity contribution in [2.75, 3.05) is 0 Å². The van der Waals surface area contributed by atoms with Gasteiger partial charge < -0.3 is 5.11 Å². The summed E-state index contributed by atoms with van der Waals surface area (Å²) in [7, 11) is 0. The molecule has 0 radical (unpaired) electrons. The van der Waals surface area contributed by atoms with Crippen LogP contribution in [0, 0.1) is 5.95 Å². The van der Waals surface area contributed by atoms with E-state index in [2.05, 4.69) is 4.98 Å². The minimum absolute atomic E-state index is 0.259. The number of aromatic nitrogens is 1. The molecule has 0 amide bonds. The molecule has 0 saturated carbocycles. The Balaban J connectivity index is 2.60. The summed E-state index contributed by atoms with van der Waals surface area (Å²) in [6.07, 6.45) is 0. The largest absolute Gasteiger partial charge is 0.392 e. The summed E-state index contributed by atoms with van der Waals surface area (Å²) in [5, 5.41) is 9.70. The number of rotatable bonds is 2. The predicted octanol–water partition coefficient (Wildman–Crippen LogP) is 3.69. The molecule has 0 aliphatic carbocycles. The van der Waals surface area contributed by atoms with Crippen LogP contribution in [0.4, 0.5) is 4.39 Å². The third-order valence-electron chi connectivity index (χ3n) is 2.26. The van der Waals surface area contributed by atoms with Crippen molar-refractivity contribution in [2.45, 2.75) is 6.61 Å². The summed E-state index contributed by atoms with van der Waals surface area (Å²) in [6, 6.07) is 7.77. The van der Waals surface area contributed by atoms with Crippen LogP contribution in [-0.4, -0.2) is 10.1 Å². The summed E-state index contributed by atoms with van der Waals surface area (Å²) in [6.45, 7) is -0.259. The number of halogens is 3. The predicted molar refractivity (Wildman–Crippen MR) is 65.6 cm³/mol. The van der Waals surface area contributed by atoms with Gasteiger partial charge in [-0.3, -0.25) is 0 Å². The molecule has 0 spiro atoms. The number of benzene rings is 1. The van der Waals surface area contributed by atoms with E-state index < -0.39 is 5.95 Å². The van der Waals surface area contributed by atoms with Crippen LogP contribution in [0.2, 0.25) is 10.0 Å². The normalized spacial score (nSPS) is 10.6. The highest BCUT2D eigenvalue weighted by atomic mass is 35.5. The zero-order chi connectivity index (χ0) is 12.4. The molecular formula is C12H8Cl2FNO. The first-order chi connectivity index (χ1) is 8.11. The molecule has 0 fully saturated rings. The molecule has 1 aromatic heterocycles. The van der Waals surface area contributed by atoms with Gasteiger partial charge in [0.2, 0.25) is 5.95 Å². The minimum atomic E-state index is -0.664. The van der Waals surface area contributed by atoms with Gasteiger partial charge in [0.15, 0.2) is 0 Å². The van der Waals surface area contributed by atoms with Crippen LogP contribution in [-0.2, 0) is 6.61 Å². The van der Waals surface area contributed by atoms with E-state index in [-0.39, 0.29) is 6.61 Å². The van der Waals surface area contributed by atoms with Crippen molar-refractivity contribution in [3.63, 3.8) is 0 Å². The van der Waals surface area contributed by atoms with Gasteiger partial charge in [-0.25, -0.2) is 4.98 Å². The fraction of sp³-hybridized carbons (Fsp3) is 0.0833. The van der Waals surface area contributed by atoms with Crippen molar-refractivity contribution < 1.29 is 9.50 Å². The standard InChI is InChI=1S/C12H8Cl2FNO/c13-9-3-1-2-8(12(9)14)10-4-7(6-17)5-11(15)16-10/h1-5,17H,6H2. The van der Waals surface area contributed by atoms with Gasteiger partial charge in [0, 0.05) is 5.56 Å². The summed E-state index contributed by atoms with van der Waals surface area (Å²) in [4.78, 5) is 3.73. The van der Waals surface area contributed by atoms with E-state index in [1.54, 1.807) is 24.3 Å². The van der Waals surface area contributed by atoms with Crippen molar-refractivity contribution in [1.29, 1.82) is 0 Å². The summed E-state index contributed by atoms with van der Waals surface area (Å²) < 4.78 is 13.2. The molecular weight excluding hydrogens is 264 g/mol. The minimum Gasteiger partial charge on any atom is -0.392 e. The second-order valence-corrected chi connectivity index (χ2v) is 4.23. The van der Waals surface area contributed by atoms with Gasteiger partial charge >= 0.3 is 0 Å². The van der Waals surface area contributed by atoms with Gasteiger partial charge in [-0.2, -0.15) is 4.39 Å². The molecule has 1 N–H and O–H groups in total. The number of aliphatic hydroxyl groups excluding tert-OH is 1. The molecule has 0 unspecified atom stereocenters. The summed E-state index contributed by atoms with van der Waals surface area (Å²) in [5.74, 6) is -0.664. The van der Waals surface area contributed by atoms with E-state index in [0.29, 0.717) is 26.9 Å². The number of nitrogens with zero attached hydrogens (tertiary/aromatic N) is 1. The molecule has 17 heavy (non-hydrogen) atoms. The second-order valence-electron chi connectivity index (χ2n) is 3.44. The maximum Gasteiger partial charge on any atom is 0.213 e. The number of hydrogen-bond acceptors (Lipinski definition) is 2. The first-order valence-corrected chi connectivity index (χ1v) is 5.59. The highest BCUT2D eigenvalue weighted by Crippen LogP contribution is 2.32. The van der Waals surface area contributed by atoms with Gasteiger partial charge in [0.25, 0.3) is 0 Å². The van der Waals surface area contributed by atoms with E-state index in [1.165, 1.54) is 6.07 Å². The highest BCUT2D eigenvalue weighted by Gasteiger charge is 2.10. The van der Waals surface area contributed by atoms with Crippen molar-refractivity contribution in [3.05, 3.63) is 51.9 Å². The topological polar surface area (TPSA) is 33.1 Å². The number of pyridine rings is 1. The first kappa shape index (κ1) is 12.3. The molecule has 0 saturated heterocycles. The van der Waals surface area contributed by atoms with Gasteiger partial charge in [-0.15, -0.1) is 0 Å². The lowest BCUT2D eigenvalue weighted by Crippen LogP contribution is -1.93. The monoisotopic (exact) mass is 271 g/mol. The van der Waals surface area contributed by atoms with E-state index in [9.17, 15) is 4.39 Å². The third kappa shape index (κ3) is 2.57. The highest BCUT2D eigenvalue weighted by molar-refractivity contribution is 6.43. The third-order valence-corrected chi connectivity index (χ3v) is 3.08. The Bertz CT molecular complexity index is 560. The fourth-order valence-corrected chi connectivity index (χ4v) is 1.88.